The number of benzene rings is 1. The molecular formula is C14H17NO2. The maximum atomic E-state index is 9.02. The number of hydrogen-bond donors (Lipinski definition) is 2. The van der Waals surface area contributed by atoms with Crippen molar-refractivity contribution in [2.45, 2.75) is 13.3 Å². The molecule has 0 fully saturated rings. The van der Waals surface area contributed by atoms with Gasteiger partial charge in [0.05, 0.1) is 12.5 Å². The van der Waals surface area contributed by atoms with E-state index in [1.807, 2.05) is 6.07 Å². The van der Waals surface area contributed by atoms with Crippen molar-refractivity contribution in [3.8, 4) is 11.1 Å². The van der Waals surface area contributed by atoms with Crippen molar-refractivity contribution in [3.63, 3.8) is 0 Å². The summed E-state index contributed by atoms with van der Waals surface area (Å²) in [6, 6.07) is 8.14. The first-order valence-electron chi connectivity index (χ1n) is 5.85. The van der Waals surface area contributed by atoms with Crippen LogP contribution in [0.5, 0.6) is 0 Å². The molecule has 0 saturated carbocycles. The lowest BCUT2D eigenvalue weighted by atomic mass is 10.0. The normalized spacial score (nSPS) is 10.5. The fraction of sp³-hybridized carbons (Fsp3) is 0.286. The predicted octanol–water partition coefficient (Wildman–Crippen LogP) is 2.91. The molecule has 0 unspecified atom stereocenters. The van der Waals surface area contributed by atoms with Gasteiger partial charge in [-0.3, -0.25) is 0 Å². The average molecular weight is 231 g/mol. The van der Waals surface area contributed by atoms with E-state index in [9.17, 15) is 0 Å². The van der Waals surface area contributed by atoms with Gasteiger partial charge in [-0.05, 0) is 36.6 Å². The summed E-state index contributed by atoms with van der Waals surface area (Å²) in [5.74, 6) is 0. The van der Waals surface area contributed by atoms with E-state index in [1.165, 1.54) is 0 Å². The van der Waals surface area contributed by atoms with Crippen LogP contribution in [0.15, 0.2) is 41.2 Å². The molecule has 1 aromatic heterocycles. The number of rotatable bonds is 5. The van der Waals surface area contributed by atoms with Gasteiger partial charge in [0.1, 0.15) is 0 Å². The van der Waals surface area contributed by atoms with Crippen molar-refractivity contribution in [1.82, 2.24) is 0 Å². The van der Waals surface area contributed by atoms with Crippen molar-refractivity contribution >= 4 is 5.69 Å². The zero-order valence-corrected chi connectivity index (χ0v) is 9.94. The zero-order valence-electron chi connectivity index (χ0n) is 9.94. The maximum Gasteiger partial charge on any atom is 0.0980 e. The fourth-order valence-corrected chi connectivity index (χ4v) is 1.88. The lowest BCUT2D eigenvalue weighted by molar-refractivity contribution is 0.300. The fourth-order valence-electron chi connectivity index (χ4n) is 1.88. The molecule has 0 aliphatic heterocycles. The maximum absolute atomic E-state index is 9.02. The van der Waals surface area contributed by atoms with Crippen LogP contribution in [0.1, 0.15) is 12.5 Å². The smallest absolute Gasteiger partial charge is 0.0980 e. The molecule has 0 aliphatic rings. The Bertz CT molecular complexity index is 463. The first-order chi connectivity index (χ1) is 8.35. The van der Waals surface area contributed by atoms with E-state index in [2.05, 4.69) is 30.4 Å². The molecule has 0 radical (unpaired) electrons. The molecule has 3 heteroatoms. The predicted molar refractivity (Wildman–Crippen MR) is 69.1 cm³/mol. The Morgan fingerprint density at radius 1 is 1.24 bits per heavy atom. The Morgan fingerprint density at radius 3 is 2.76 bits per heavy atom. The first kappa shape index (κ1) is 11.7. The lowest BCUT2D eigenvalue weighted by Crippen LogP contribution is -2.02. The third-order valence-electron chi connectivity index (χ3n) is 2.71. The van der Waals surface area contributed by atoms with Gasteiger partial charge >= 0.3 is 0 Å². The highest BCUT2D eigenvalue weighted by Crippen LogP contribution is 2.26. The summed E-state index contributed by atoms with van der Waals surface area (Å²) < 4.78 is 5.09. The largest absolute Gasteiger partial charge is 0.472 e. The summed E-state index contributed by atoms with van der Waals surface area (Å²) >= 11 is 0. The molecule has 1 heterocycles. The quantitative estimate of drug-likeness (QED) is 0.831. The minimum absolute atomic E-state index is 0.170. The second kappa shape index (κ2) is 5.55. The molecule has 0 spiro atoms. The third kappa shape index (κ3) is 2.68. The Kier molecular flexibility index (Phi) is 3.83. The van der Waals surface area contributed by atoms with Crippen LogP contribution in [-0.2, 0) is 6.42 Å². The van der Waals surface area contributed by atoms with Crippen LogP contribution in [0, 0.1) is 0 Å². The van der Waals surface area contributed by atoms with E-state index in [0.29, 0.717) is 6.42 Å². The van der Waals surface area contributed by atoms with E-state index < -0.39 is 0 Å². The summed E-state index contributed by atoms with van der Waals surface area (Å²) in [5, 5.41) is 12.3. The molecule has 90 valence electrons. The summed E-state index contributed by atoms with van der Waals surface area (Å²) in [4.78, 5) is 0. The standard InChI is InChI=1S/C14H17NO2/c1-2-15-14-9-12(13-6-8-17-10-13)4-3-11(14)5-7-16/h3-4,6,8-10,15-16H,2,5,7H2,1H3. The molecular weight excluding hydrogens is 214 g/mol. The van der Waals surface area contributed by atoms with Crippen molar-refractivity contribution < 1.29 is 9.52 Å². The number of aliphatic hydroxyl groups excluding tert-OH is 1. The summed E-state index contributed by atoms with van der Waals surface area (Å²) in [6.07, 6.45) is 4.08. The SMILES string of the molecule is CCNc1cc(-c2ccoc2)ccc1CCO. The zero-order chi connectivity index (χ0) is 12.1. The molecule has 0 bridgehead atoms. The van der Waals surface area contributed by atoms with Gasteiger partial charge in [0.2, 0.25) is 0 Å². The van der Waals surface area contributed by atoms with Crippen LogP contribution in [0.2, 0.25) is 0 Å². The van der Waals surface area contributed by atoms with Crippen molar-refractivity contribution in [3.05, 3.63) is 42.4 Å². The van der Waals surface area contributed by atoms with Gasteiger partial charge in [-0.2, -0.15) is 0 Å². The number of nitrogens with one attached hydrogen (secondary N) is 1. The van der Waals surface area contributed by atoms with Crippen molar-refractivity contribution in [2.24, 2.45) is 0 Å². The molecule has 2 aromatic rings. The molecule has 3 nitrogen and oxygen atoms in total. The number of anilines is 1. The third-order valence-corrected chi connectivity index (χ3v) is 2.71. The van der Waals surface area contributed by atoms with Gasteiger partial charge in [-0.15, -0.1) is 0 Å². The molecule has 0 saturated heterocycles. The number of aliphatic hydroxyl groups is 1. The summed E-state index contributed by atoms with van der Waals surface area (Å²) in [7, 11) is 0. The highest BCUT2D eigenvalue weighted by molar-refractivity contribution is 5.69. The topological polar surface area (TPSA) is 45.4 Å². The highest BCUT2D eigenvalue weighted by atomic mass is 16.3. The summed E-state index contributed by atoms with van der Waals surface area (Å²) in [6.45, 7) is 3.10. The Hall–Kier alpha value is -1.74. The van der Waals surface area contributed by atoms with Crippen LogP contribution in [0.25, 0.3) is 11.1 Å². The van der Waals surface area contributed by atoms with Crippen molar-refractivity contribution in [2.75, 3.05) is 18.5 Å². The molecule has 0 aliphatic carbocycles. The van der Waals surface area contributed by atoms with Gasteiger partial charge in [0.15, 0.2) is 0 Å². The van der Waals surface area contributed by atoms with E-state index in [1.54, 1.807) is 12.5 Å². The minimum atomic E-state index is 0.170. The summed E-state index contributed by atoms with van der Waals surface area (Å²) in [5.41, 5.74) is 4.41. The van der Waals surface area contributed by atoms with Crippen LogP contribution in [0.3, 0.4) is 0 Å². The molecule has 0 amide bonds. The molecule has 0 atom stereocenters. The number of furan rings is 1. The van der Waals surface area contributed by atoms with E-state index >= 15 is 0 Å². The number of hydrogen-bond acceptors (Lipinski definition) is 3. The van der Waals surface area contributed by atoms with Gasteiger partial charge < -0.3 is 14.8 Å². The van der Waals surface area contributed by atoms with Crippen LogP contribution in [0.4, 0.5) is 5.69 Å². The van der Waals surface area contributed by atoms with Gasteiger partial charge in [0.25, 0.3) is 0 Å². The molecule has 1 aromatic carbocycles. The lowest BCUT2D eigenvalue weighted by Gasteiger charge is -2.11. The second-order valence-electron chi connectivity index (χ2n) is 3.89. The molecule has 17 heavy (non-hydrogen) atoms. The Balaban J connectivity index is 2.34. The van der Waals surface area contributed by atoms with Gasteiger partial charge in [0, 0.05) is 24.4 Å². The Labute approximate surface area is 101 Å². The van der Waals surface area contributed by atoms with Gasteiger partial charge in [-0.1, -0.05) is 12.1 Å². The first-order valence-corrected chi connectivity index (χ1v) is 5.85. The highest BCUT2D eigenvalue weighted by Gasteiger charge is 2.05. The van der Waals surface area contributed by atoms with Crippen LogP contribution < -0.4 is 5.32 Å². The van der Waals surface area contributed by atoms with Crippen LogP contribution >= 0.6 is 0 Å². The van der Waals surface area contributed by atoms with Crippen molar-refractivity contribution in [1.29, 1.82) is 0 Å². The monoisotopic (exact) mass is 231 g/mol. The van der Waals surface area contributed by atoms with E-state index in [0.717, 1.165) is 28.9 Å². The van der Waals surface area contributed by atoms with E-state index in [-0.39, 0.29) is 6.61 Å². The molecule has 2 rings (SSSR count). The molecule has 2 N–H and O–H groups in total. The second-order valence-corrected chi connectivity index (χ2v) is 3.89. The van der Waals surface area contributed by atoms with Crippen LogP contribution in [-0.4, -0.2) is 18.3 Å². The van der Waals surface area contributed by atoms with Gasteiger partial charge in [-0.25, -0.2) is 0 Å². The average Bonchev–Trinajstić information content (AvgIpc) is 2.85. The minimum Gasteiger partial charge on any atom is -0.472 e. The van der Waals surface area contributed by atoms with E-state index in [4.69, 9.17) is 9.52 Å². The Morgan fingerprint density at radius 2 is 2.12 bits per heavy atom.